The molecule has 1 aliphatic rings. The number of ether oxygens (including phenoxy) is 3. The summed E-state index contributed by atoms with van der Waals surface area (Å²) >= 11 is 1.25. The van der Waals surface area contributed by atoms with Crippen molar-refractivity contribution in [1.82, 2.24) is 14.9 Å². The van der Waals surface area contributed by atoms with Crippen molar-refractivity contribution in [1.29, 1.82) is 0 Å². The second kappa shape index (κ2) is 8.15. The Morgan fingerprint density at radius 3 is 2.81 bits per heavy atom. The summed E-state index contributed by atoms with van der Waals surface area (Å²) < 4.78 is 15.8. The minimum Gasteiger partial charge on any atom is -0.481 e. The largest absolute Gasteiger partial charge is 0.481 e. The highest BCUT2D eigenvalue weighted by Gasteiger charge is 2.32. The molecule has 1 atom stereocenters. The number of aliphatic carboxylic acids is 1. The first kappa shape index (κ1) is 19.5. The van der Waals surface area contributed by atoms with E-state index < -0.39 is 12.0 Å². The van der Waals surface area contributed by atoms with Gasteiger partial charge in [-0.05, 0) is 12.5 Å². The zero-order valence-electron chi connectivity index (χ0n) is 15.4. The molecule has 1 N–H and O–H groups in total. The first-order valence-corrected chi connectivity index (χ1v) is 9.21. The molecule has 1 amide bonds. The molecule has 1 saturated heterocycles. The number of aromatic nitrogens is 2. The number of carboxylic acids is 1. The highest BCUT2D eigenvalue weighted by Crippen LogP contribution is 2.36. The van der Waals surface area contributed by atoms with Crippen LogP contribution >= 0.6 is 11.3 Å². The van der Waals surface area contributed by atoms with Crippen molar-refractivity contribution in [3.05, 3.63) is 16.3 Å². The second-order valence-corrected chi connectivity index (χ2v) is 7.14. The summed E-state index contributed by atoms with van der Waals surface area (Å²) in [4.78, 5) is 35.8. The minimum absolute atomic E-state index is 0.156. The summed E-state index contributed by atoms with van der Waals surface area (Å²) in [5.41, 5.74) is 0.724. The van der Waals surface area contributed by atoms with Crippen LogP contribution in [0.1, 0.15) is 27.5 Å². The van der Waals surface area contributed by atoms with E-state index in [0.29, 0.717) is 39.9 Å². The van der Waals surface area contributed by atoms with Gasteiger partial charge >= 0.3 is 5.97 Å². The van der Waals surface area contributed by atoms with Crippen LogP contribution in [0.5, 0.6) is 5.88 Å². The number of morpholine rings is 1. The zero-order valence-corrected chi connectivity index (χ0v) is 16.2. The molecule has 3 rings (SSSR count). The number of carboxylic acid groups (broad SMARTS) is 1. The number of nitrogens with zero attached hydrogens (tertiary/aromatic N) is 3. The normalized spacial score (nSPS) is 17.3. The molecule has 1 unspecified atom stereocenters. The lowest BCUT2D eigenvalue weighted by molar-refractivity contribution is -0.139. The monoisotopic (exact) mass is 395 g/mol. The molecule has 0 saturated carbocycles. The van der Waals surface area contributed by atoms with Gasteiger partial charge in [-0.15, -0.1) is 11.3 Å². The van der Waals surface area contributed by atoms with Crippen molar-refractivity contribution in [3.8, 4) is 5.88 Å². The van der Waals surface area contributed by atoms with Gasteiger partial charge in [0.2, 0.25) is 5.88 Å². The van der Waals surface area contributed by atoms with Gasteiger partial charge < -0.3 is 24.2 Å². The topological polar surface area (TPSA) is 111 Å². The van der Waals surface area contributed by atoms with Crippen molar-refractivity contribution in [3.63, 3.8) is 0 Å². The molecule has 2 aromatic heterocycles. The summed E-state index contributed by atoms with van der Waals surface area (Å²) in [6, 6.07) is -0.495. The Morgan fingerprint density at radius 2 is 2.15 bits per heavy atom. The molecule has 10 heteroatoms. The quantitative estimate of drug-likeness (QED) is 0.783. The van der Waals surface area contributed by atoms with Gasteiger partial charge in [-0.2, -0.15) is 4.98 Å². The predicted molar refractivity (Wildman–Crippen MR) is 97.3 cm³/mol. The van der Waals surface area contributed by atoms with Crippen LogP contribution in [0.2, 0.25) is 0 Å². The van der Waals surface area contributed by atoms with Crippen LogP contribution in [0.25, 0.3) is 10.2 Å². The minimum atomic E-state index is -0.965. The maximum absolute atomic E-state index is 13.2. The van der Waals surface area contributed by atoms with Gasteiger partial charge in [-0.1, -0.05) is 0 Å². The maximum Gasteiger partial charge on any atom is 0.305 e. The van der Waals surface area contributed by atoms with Crippen LogP contribution in [0.4, 0.5) is 0 Å². The zero-order chi connectivity index (χ0) is 19.6. The Labute approximate surface area is 159 Å². The molecule has 0 aromatic carbocycles. The highest BCUT2D eigenvalue weighted by molar-refractivity contribution is 7.20. The highest BCUT2D eigenvalue weighted by atomic mass is 32.1. The smallest absolute Gasteiger partial charge is 0.305 e. The van der Waals surface area contributed by atoms with Crippen molar-refractivity contribution in [2.24, 2.45) is 0 Å². The van der Waals surface area contributed by atoms with Gasteiger partial charge in [0.25, 0.3) is 5.91 Å². The fourth-order valence-corrected chi connectivity index (χ4v) is 4.26. The van der Waals surface area contributed by atoms with E-state index in [1.807, 2.05) is 6.92 Å². The van der Waals surface area contributed by atoms with Crippen molar-refractivity contribution in [2.75, 3.05) is 34.0 Å². The third kappa shape index (κ3) is 3.87. The van der Waals surface area contributed by atoms with Crippen LogP contribution in [0.15, 0.2) is 0 Å². The number of amides is 1. The van der Waals surface area contributed by atoms with E-state index in [-0.39, 0.29) is 25.5 Å². The number of carbonyl (C=O) groups is 2. The Morgan fingerprint density at radius 1 is 1.37 bits per heavy atom. The number of carbonyl (C=O) groups excluding carboxylic acids is 1. The Hall–Kier alpha value is -2.30. The molecule has 1 aliphatic heterocycles. The van der Waals surface area contributed by atoms with E-state index in [9.17, 15) is 9.59 Å². The van der Waals surface area contributed by atoms with Gasteiger partial charge in [0.1, 0.15) is 11.4 Å². The Balaban J connectivity index is 2.01. The summed E-state index contributed by atoms with van der Waals surface area (Å²) in [6.07, 6.45) is -0.156. The number of aryl methyl sites for hydroxylation is 1. The third-order valence-electron chi connectivity index (χ3n) is 4.36. The standard InChI is InChI=1S/C17H21N3O6S/c1-9-13-15(25-3)18-11(8-24-2)19-16(13)27-14(9)17(23)20-4-5-26-7-10(20)6-12(21)22/h10H,4-8H2,1-3H3,(H,21,22). The van der Waals surface area contributed by atoms with Crippen molar-refractivity contribution in [2.45, 2.75) is 26.0 Å². The van der Waals surface area contributed by atoms with Crippen molar-refractivity contribution < 1.29 is 28.9 Å². The second-order valence-electron chi connectivity index (χ2n) is 6.14. The Kier molecular flexibility index (Phi) is 5.88. The molecule has 2 aromatic rings. The van der Waals surface area contributed by atoms with Gasteiger partial charge in [0.05, 0.1) is 43.0 Å². The fraction of sp³-hybridized carbons (Fsp3) is 0.529. The lowest BCUT2D eigenvalue weighted by Gasteiger charge is -2.34. The third-order valence-corrected chi connectivity index (χ3v) is 5.54. The van der Waals surface area contributed by atoms with E-state index in [4.69, 9.17) is 19.3 Å². The van der Waals surface area contributed by atoms with Crippen LogP contribution in [-0.2, 0) is 20.9 Å². The lowest BCUT2D eigenvalue weighted by Crippen LogP contribution is -2.49. The molecule has 9 nitrogen and oxygen atoms in total. The molecular formula is C17H21N3O6S. The lowest BCUT2D eigenvalue weighted by atomic mass is 10.1. The van der Waals surface area contributed by atoms with Gasteiger partial charge in [-0.25, -0.2) is 4.98 Å². The molecule has 146 valence electrons. The van der Waals surface area contributed by atoms with E-state index >= 15 is 0 Å². The molecule has 1 fully saturated rings. The summed E-state index contributed by atoms with van der Waals surface area (Å²) in [5.74, 6) is -0.324. The summed E-state index contributed by atoms with van der Waals surface area (Å²) in [7, 11) is 3.07. The molecule has 0 bridgehead atoms. The fourth-order valence-electron chi connectivity index (χ4n) is 3.11. The van der Waals surface area contributed by atoms with E-state index in [2.05, 4.69) is 9.97 Å². The first-order valence-electron chi connectivity index (χ1n) is 8.39. The van der Waals surface area contributed by atoms with Crippen LogP contribution < -0.4 is 4.74 Å². The van der Waals surface area contributed by atoms with Gasteiger partial charge in [0, 0.05) is 13.7 Å². The first-order chi connectivity index (χ1) is 13.0. The average molecular weight is 395 g/mol. The van der Waals surface area contributed by atoms with Gasteiger partial charge in [0.15, 0.2) is 5.82 Å². The van der Waals surface area contributed by atoms with Crippen LogP contribution in [-0.4, -0.2) is 71.9 Å². The van der Waals surface area contributed by atoms with Crippen molar-refractivity contribution >= 4 is 33.4 Å². The molecule has 27 heavy (non-hydrogen) atoms. The molecular weight excluding hydrogens is 374 g/mol. The number of rotatable bonds is 6. The number of hydrogen-bond acceptors (Lipinski definition) is 8. The molecule has 0 aliphatic carbocycles. The predicted octanol–water partition coefficient (Wildman–Crippen LogP) is 1.47. The average Bonchev–Trinajstić information content (AvgIpc) is 2.97. The Bertz CT molecular complexity index is 868. The van der Waals surface area contributed by atoms with E-state index in [1.54, 1.807) is 12.0 Å². The van der Waals surface area contributed by atoms with Gasteiger partial charge in [-0.3, -0.25) is 9.59 Å². The maximum atomic E-state index is 13.2. The molecule has 0 spiro atoms. The number of fused-ring (bicyclic) bond motifs is 1. The summed E-state index contributed by atoms with van der Waals surface area (Å²) in [5, 5.41) is 9.81. The van der Waals surface area contributed by atoms with Crippen LogP contribution in [0, 0.1) is 6.92 Å². The number of thiophene rings is 1. The van der Waals surface area contributed by atoms with E-state index in [0.717, 1.165) is 5.56 Å². The SMILES string of the molecule is COCc1nc(OC)c2c(C)c(C(=O)N3CCOCC3CC(=O)O)sc2n1. The van der Waals surface area contributed by atoms with Crippen LogP contribution in [0.3, 0.4) is 0 Å². The van der Waals surface area contributed by atoms with E-state index in [1.165, 1.54) is 18.4 Å². The number of hydrogen-bond donors (Lipinski definition) is 1. The molecule has 0 radical (unpaired) electrons. The molecule has 3 heterocycles. The summed E-state index contributed by atoms with van der Waals surface area (Å²) in [6.45, 7) is 3.00. The number of methoxy groups -OCH3 is 2.